The average Bonchev–Trinajstić information content (AvgIpc) is 2.63. The van der Waals surface area contributed by atoms with E-state index >= 15 is 0 Å². The Bertz CT molecular complexity index is 842. The van der Waals surface area contributed by atoms with Crippen LogP contribution in [0.25, 0.3) is 22.0 Å². The molecule has 1 aliphatic rings. The van der Waals surface area contributed by atoms with E-state index in [0.717, 1.165) is 48.2 Å². The second-order valence-electron chi connectivity index (χ2n) is 6.15. The highest BCUT2D eigenvalue weighted by Gasteiger charge is 2.14. The number of aromatic nitrogens is 1. The lowest BCUT2D eigenvalue weighted by Gasteiger charge is -2.23. The van der Waals surface area contributed by atoms with Crippen LogP contribution in [0.4, 0.5) is 4.39 Å². The van der Waals surface area contributed by atoms with Crippen LogP contribution in [-0.2, 0) is 0 Å². The quantitative estimate of drug-likeness (QED) is 0.786. The molecule has 4 rings (SSSR count). The zero-order valence-electron chi connectivity index (χ0n) is 13.3. The average molecular weight is 322 g/mol. The number of nitrogens with one attached hydrogen (secondary N) is 1. The molecule has 1 saturated heterocycles. The zero-order valence-corrected chi connectivity index (χ0v) is 13.3. The number of piperidine rings is 1. The molecule has 0 saturated carbocycles. The lowest BCUT2D eigenvalue weighted by Crippen LogP contribution is -2.34. The van der Waals surface area contributed by atoms with Gasteiger partial charge in [0.25, 0.3) is 0 Å². The summed E-state index contributed by atoms with van der Waals surface area (Å²) in [6.45, 7) is 2.04. The van der Waals surface area contributed by atoms with Crippen LogP contribution in [0.1, 0.15) is 12.8 Å². The van der Waals surface area contributed by atoms with Crippen molar-refractivity contribution in [2.75, 3.05) is 13.1 Å². The van der Waals surface area contributed by atoms with Crippen LogP contribution < -0.4 is 10.1 Å². The molecule has 0 aliphatic carbocycles. The first kappa shape index (κ1) is 15.1. The number of nitrogens with zero attached hydrogens (tertiary/aromatic N) is 1. The fourth-order valence-electron chi connectivity index (χ4n) is 3.08. The van der Waals surface area contributed by atoms with Gasteiger partial charge in [-0.1, -0.05) is 12.1 Å². The summed E-state index contributed by atoms with van der Waals surface area (Å²) in [5.41, 5.74) is 2.76. The molecular formula is C20H19FN2O. The van der Waals surface area contributed by atoms with Gasteiger partial charge in [0.1, 0.15) is 17.7 Å². The Labute approximate surface area is 140 Å². The molecule has 1 aliphatic heterocycles. The maximum Gasteiger partial charge on any atom is 0.125 e. The molecule has 1 fully saturated rings. The van der Waals surface area contributed by atoms with E-state index in [1.54, 1.807) is 12.3 Å². The van der Waals surface area contributed by atoms with E-state index in [1.165, 1.54) is 12.1 Å². The molecule has 3 aromatic rings. The monoisotopic (exact) mass is 322 g/mol. The Morgan fingerprint density at radius 1 is 0.958 bits per heavy atom. The van der Waals surface area contributed by atoms with Crippen LogP contribution in [0.5, 0.6) is 5.75 Å². The molecule has 24 heavy (non-hydrogen) atoms. The lowest BCUT2D eigenvalue weighted by molar-refractivity contribution is 0.162. The maximum atomic E-state index is 13.2. The van der Waals surface area contributed by atoms with E-state index in [4.69, 9.17) is 4.74 Å². The van der Waals surface area contributed by atoms with Crippen LogP contribution in [-0.4, -0.2) is 24.2 Å². The van der Waals surface area contributed by atoms with Crippen LogP contribution in [0, 0.1) is 5.82 Å². The van der Waals surface area contributed by atoms with Crippen LogP contribution >= 0.6 is 0 Å². The minimum absolute atomic E-state index is 0.262. The third-order valence-electron chi connectivity index (χ3n) is 4.42. The molecule has 0 radical (unpaired) electrons. The predicted molar refractivity (Wildman–Crippen MR) is 93.7 cm³/mol. The number of rotatable bonds is 3. The van der Waals surface area contributed by atoms with Gasteiger partial charge >= 0.3 is 0 Å². The van der Waals surface area contributed by atoms with E-state index in [-0.39, 0.29) is 5.82 Å². The van der Waals surface area contributed by atoms with Gasteiger partial charge in [-0.25, -0.2) is 4.39 Å². The van der Waals surface area contributed by atoms with Gasteiger partial charge in [0.15, 0.2) is 0 Å². The highest BCUT2D eigenvalue weighted by Crippen LogP contribution is 2.26. The van der Waals surface area contributed by atoms with Crippen molar-refractivity contribution in [2.45, 2.75) is 18.9 Å². The Balaban J connectivity index is 1.54. The second kappa shape index (κ2) is 6.57. The van der Waals surface area contributed by atoms with Gasteiger partial charge in [-0.05, 0) is 61.8 Å². The summed E-state index contributed by atoms with van der Waals surface area (Å²) in [5, 5.41) is 4.27. The summed E-state index contributed by atoms with van der Waals surface area (Å²) in [4.78, 5) is 4.36. The largest absolute Gasteiger partial charge is 0.490 e. The molecule has 1 aromatic heterocycles. The minimum atomic E-state index is -0.262. The Morgan fingerprint density at radius 2 is 1.75 bits per heavy atom. The fourth-order valence-corrected chi connectivity index (χ4v) is 3.08. The number of pyridine rings is 1. The standard InChI is InChI=1S/C20H19FN2O/c21-17-4-1-15-11-16(13-23-20(15)12-17)14-2-5-18(6-3-14)24-19-7-9-22-10-8-19/h1-6,11-13,19,22H,7-10H2. The minimum Gasteiger partial charge on any atom is -0.490 e. The second-order valence-corrected chi connectivity index (χ2v) is 6.15. The molecule has 4 heteroatoms. The predicted octanol–water partition coefficient (Wildman–Crippen LogP) is 4.17. The van der Waals surface area contributed by atoms with Crippen molar-refractivity contribution in [1.29, 1.82) is 0 Å². The fraction of sp³-hybridized carbons (Fsp3) is 0.250. The molecule has 3 nitrogen and oxygen atoms in total. The van der Waals surface area contributed by atoms with E-state index < -0.39 is 0 Å². The van der Waals surface area contributed by atoms with Crippen molar-refractivity contribution in [3.63, 3.8) is 0 Å². The third kappa shape index (κ3) is 3.24. The molecular weight excluding hydrogens is 303 g/mol. The van der Waals surface area contributed by atoms with E-state index in [9.17, 15) is 4.39 Å². The summed E-state index contributed by atoms with van der Waals surface area (Å²) in [6.07, 6.45) is 4.18. The molecule has 1 N–H and O–H groups in total. The van der Waals surface area contributed by atoms with Gasteiger partial charge in [0.05, 0.1) is 5.52 Å². The topological polar surface area (TPSA) is 34.1 Å². The molecule has 0 amide bonds. The first-order chi connectivity index (χ1) is 11.8. The SMILES string of the molecule is Fc1ccc2cc(-c3ccc(OC4CCNCC4)cc3)cnc2c1. The molecule has 0 spiro atoms. The van der Waals surface area contributed by atoms with Crippen molar-refractivity contribution in [1.82, 2.24) is 10.3 Å². The number of hydrogen-bond acceptors (Lipinski definition) is 3. The Hall–Kier alpha value is -2.46. The van der Waals surface area contributed by atoms with Crippen LogP contribution in [0.15, 0.2) is 54.7 Å². The summed E-state index contributed by atoms with van der Waals surface area (Å²) in [7, 11) is 0. The first-order valence-corrected chi connectivity index (χ1v) is 8.31. The summed E-state index contributed by atoms with van der Waals surface area (Å²) in [5.74, 6) is 0.642. The molecule has 0 atom stereocenters. The van der Waals surface area contributed by atoms with Crippen molar-refractivity contribution in [2.24, 2.45) is 0 Å². The molecule has 122 valence electrons. The summed E-state index contributed by atoms with van der Waals surface area (Å²) in [6, 6.07) is 14.8. The zero-order chi connectivity index (χ0) is 16.4. The van der Waals surface area contributed by atoms with Gasteiger partial charge in [-0.3, -0.25) is 4.98 Å². The van der Waals surface area contributed by atoms with Gasteiger partial charge in [-0.2, -0.15) is 0 Å². The molecule has 2 aromatic carbocycles. The maximum absolute atomic E-state index is 13.2. The van der Waals surface area contributed by atoms with E-state index in [0.29, 0.717) is 11.6 Å². The van der Waals surface area contributed by atoms with Crippen LogP contribution in [0.3, 0.4) is 0 Å². The van der Waals surface area contributed by atoms with Gasteiger partial charge < -0.3 is 10.1 Å². The number of ether oxygens (including phenoxy) is 1. The number of fused-ring (bicyclic) bond motifs is 1. The highest BCUT2D eigenvalue weighted by atomic mass is 19.1. The highest BCUT2D eigenvalue weighted by molar-refractivity contribution is 5.83. The number of benzene rings is 2. The normalized spacial score (nSPS) is 15.5. The smallest absolute Gasteiger partial charge is 0.125 e. The molecule has 0 unspecified atom stereocenters. The molecule has 0 bridgehead atoms. The Morgan fingerprint density at radius 3 is 2.54 bits per heavy atom. The summed E-state index contributed by atoms with van der Waals surface area (Å²) >= 11 is 0. The van der Waals surface area contributed by atoms with Crippen molar-refractivity contribution in [3.8, 4) is 16.9 Å². The van der Waals surface area contributed by atoms with Crippen molar-refractivity contribution in [3.05, 3.63) is 60.5 Å². The third-order valence-corrected chi connectivity index (χ3v) is 4.42. The number of hydrogen-bond donors (Lipinski definition) is 1. The Kier molecular flexibility index (Phi) is 4.13. The van der Waals surface area contributed by atoms with Gasteiger partial charge in [0.2, 0.25) is 0 Å². The summed E-state index contributed by atoms with van der Waals surface area (Å²) < 4.78 is 19.3. The molecule has 2 heterocycles. The number of halogens is 1. The lowest BCUT2D eigenvalue weighted by atomic mass is 10.1. The first-order valence-electron chi connectivity index (χ1n) is 8.31. The van der Waals surface area contributed by atoms with Crippen LogP contribution in [0.2, 0.25) is 0 Å². The van der Waals surface area contributed by atoms with Crippen molar-refractivity contribution >= 4 is 10.9 Å². The van der Waals surface area contributed by atoms with Crippen molar-refractivity contribution < 1.29 is 9.13 Å². The van der Waals surface area contributed by atoms with Gasteiger partial charge in [0, 0.05) is 23.2 Å². The van der Waals surface area contributed by atoms with Gasteiger partial charge in [-0.15, -0.1) is 0 Å². The van der Waals surface area contributed by atoms with E-state index in [1.807, 2.05) is 30.3 Å². The van der Waals surface area contributed by atoms with E-state index in [2.05, 4.69) is 10.3 Å².